The highest BCUT2D eigenvalue weighted by atomic mass is 35.5. The molecule has 9 heteroatoms. The van der Waals surface area contributed by atoms with Gasteiger partial charge in [-0.05, 0) is 37.3 Å². The lowest BCUT2D eigenvalue weighted by molar-refractivity contribution is 0.0972. The minimum atomic E-state index is -4.02. The van der Waals surface area contributed by atoms with Gasteiger partial charge in [0.1, 0.15) is 0 Å². The molecular formula is C18H16Cl2N2O4S. The van der Waals surface area contributed by atoms with E-state index in [9.17, 15) is 13.2 Å². The first-order valence-electron chi connectivity index (χ1n) is 7.65. The third-order valence-corrected chi connectivity index (χ3v) is 4.85. The molecule has 0 aliphatic rings. The smallest absolute Gasteiger partial charge is 0.294 e. The van der Waals surface area contributed by atoms with Gasteiger partial charge in [0.05, 0.1) is 22.8 Å². The third-order valence-electron chi connectivity index (χ3n) is 3.44. The van der Waals surface area contributed by atoms with Crippen molar-refractivity contribution in [2.75, 3.05) is 0 Å². The van der Waals surface area contributed by atoms with Gasteiger partial charge in [0, 0.05) is 23.0 Å². The largest absolute Gasteiger partial charge is 0.330 e. The molecule has 1 aromatic heterocycles. The molecule has 3 aromatic rings. The van der Waals surface area contributed by atoms with Gasteiger partial charge in [-0.1, -0.05) is 40.9 Å². The number of carbonyl (C=O) groups is 1. The van der Waals surface area contributed by atoms with Crippen LogP contribution in [0.1, 0.15) is 15.9 Å². The zero-order chi connectivity index (χ0) is 20.0. The Morgan fingerprint density at radius 1 is 1.15 bits per heavy atom. The molecule has 0 amide bonds. The number of aryl methyl sites for hydroxylation is 1. The van der Waals surface area contributed by atoms with Crippen molar-refractivity contribution in [1.29, 1.82) is 0 Å². The quantitative estimate of drug-likeness (QED) is 0.495. The molecule has 1 heterocycles. The number of ketones is 1. The molecule has 0 aliphatic carbocycles. The van der Waals surface area contributed by atoms with E-state index in [0.29, 0.717) is 15.6 Å². The zero-order valence-corrected chi connectivity index (χ0v) is 16.5. The topological polar surface area (TPSA) is 89.3 Å². The Hall–Kier alpha value is -2.19. The van der Waals surface area contributed by atoms with Gasteiger partial charge in [-0.3, -0.25) is 9.35 Å². The van der Waals surface area contributed by atoms with Crippen molar-refractivity contribution in [3.8, 4) is 0 Å². The van der Waals surface area contributed by atoms with Crippen molar-refractivity contribution in [2.24, 2.45) is 0 Å². The predicted octanol–water partition coefficient (Wildman–Crippen LogP) is 4.31. The van der Waals surface area contributed by atoms with Crippen LogP contribution < -0.4 is 0 Å². The van der Waals surface area contributed by atoms with Crippen LogP contribution in [0.25, 0.3) is 0 Å². The van der Waals surface area contributed by atoms with Gasteiger partial charge in [-0.2, -0.15) is 8.42 Å². The Bertz CT molecular complexity index is 1020. The van der Waals surface area contributed by atoms with Crippen molar-refractivity contribution in [3.63, 3.8) is 0 Å². The number of hydrogen-bond donors (Lipinski definition) is 1. The van der Waals surface area contributed by atoms with Crippen molar-refractivity contribution < 1.29 is 17.8 Å². The number of Topliss-reactive ketones (excluding diaryl/α,β-unsaturated/α-hetero) is 1. The van der Waals surface area contributed by atoms with Crippen molar-refractivity contribution in [1.82, 2.24) is 9.55 Å². The van der Waals surface area contributed by atoms with E-state index in [1.54, 1.807) is 53.6 Å². The van der Waals surface area contributed by atoms with E-state index in [-0.39, 0.29) is 17.2 Å². The molecule has 0 saturated heterocycles. The molecule has 0 aliphatic heterocycles. The maximum atomic E-state index is 11.9. The van der Waals surface area contributed by atoms with Gasteiger partial charge < -0.3 is 4.57 Å². The summed E-state index contributed by atoms with van der Waals surface area (Å²) in [7, 11) is -4.02. The molecule has 0 radical (unpaired) electrons. The summed E-state index contributed by atoms with van der Waals surface area (Å²) in [4.78, 5) is 15.7. The number of imidazole rings is 1. The van der Waals surface area contributed by atoms with E-state index < -0.39 is 10.1 Å². The number of benzene rings is 2. The van der Waals surface area contributed by atoms with E-state index in [0.717, 1.165) is 5.56 Å². The Balaban J connectivity index is 0.000000208. The van der Waals surface area contributed by atoms with Crippen LogP contribution >= 0.6 is 23.2 Å². The van der Waals surface area contributed by atoms with E-state index in [1.165, 1.54) is 12.1 Å². The SMILES string of the molecule is Cc1ccc(S(=O)(=O)O)cc1.O=C(Cn1ccnc1)c1ccc(Cl)cc1Cl. The Labute approximate surface area is 167 Å². The fourth-order valence-corrected chi connectivity index (χ4v) is 3.05. The molecule has 0 unspecified atom stereocenters. The van der Waals surface area contributed by atoms with Crippen molar-refractivity contribution in [3.05, 3.63) is 82.4 Å². The van der Waals surface area contributed by atoms with Crippen LogP contribution in [0.15, 0.2) is 66.1 Å². The summed E-state index contributed by atoms with van der Waals surface area (Å²) < 4.78 is 31.2. The lowest BCUT2D eigenvalue weighted by atomic mass is 10.1. The minimum absolute atomic E-state index is 0.0666. The van der Waals surface area contributed by atoms with Crippen molar-refractivity contribution in [2.45, 2.75) is 18.4 Å². The van der Waals surface area contributed by atoms with Crippen LogP contribution in [0.4, 0.5) is 0 Å². The van der Waals surface area contributed by atoms with E-state index in [1.807, 2.05) is 6.92 Å². The Morgan fingerprint density at radius 3 is 2.33 bits per heavy atom. The molecule has 142 valence electrons. The van der Waals surface area contributed by atoms with Gasteiger partial charge in [0.15, 0.2) is 5.78 Å². The maximum absolute atomic E-state index is 11.9. The fourth-order valence-electron chi connectivity index (χ4n) is 2.06. The number of rotatable bonds is 4. The second-order valence-corrected chi connectivity index (χ2v) is 7.84. The molecule has 6 nitrogen and oxygen atoms in total. The number of nitrogens with zero attached hydrogens (tertiary/aromatic N) is 2. The van der Waals surface area contributed by atoms with Crippen LogP contribution in [-0.4, -0.2) is 28.3 Å². The summed E-state index contributed by atoms with van der Waals surface area (Å²) in [6.07, 6.45) is 4.93. The van der Waals surface area contributed by atoms with Gasteiger partial charge in [0.25, 0.3) is 10.1 Å². The van der Waals surface area contributed by atoms with Gasteiger partial charge in [-0.15, -0.1) is 0 Å². The summed E-state index contributed by atoms with van der Waals surface area (Å²) in [6.45, 7) is 2.06. The van der Waals surface area contributed by atoms with Crippen LogP contribution in [0, 0.1) is 6.92 Å². The van der Waals surface area contributed by atoms with Crippen LogP contribution in [0.5, 0.6) is 0 Å². The molecule has 0 saturated carbocycles. The first-order chi connectivity index (χ1) is 12.7. The normalized spacial score (nSPS) is 10.8. The molecule has 2 aromatic carbocycles. The molecule has 27 heavy (non-hydrogen) atoms. The van der Waals surface area contributed by atoms with E-state index in [2.05, 4.69) is 4.98 Å². The highest BCUT2D eigenvalue weighted by molar-refractivity contribution is 7.85. The van der Waals surface area contributed by atoms with Gasteiger partial charge in [0.2, 0.25) is 0 Å². The number of halogens is 2. The number of hydrogen-bond acceptors (Lipinski definition) is 4. The zero-order valence-electron chi connectivity index (χ0n) is 14.2. The molecule has 1 N–H and O–H groups in total. The average molecular weight is 427 g/mol. The highest BCUT2D eigenvalue weighted by Crippen LogP contribution is 2.21. The predicted molar refractivity (Wildman–Crippen MR) is 104 cm³/mol. The average Bonchev–Trinajstić information content (AvgIpc) is 3.08. The van der Waals surface area contributed by atoms with Crippen LogP contribution in [-0.2, 0) is 16.7 Å². The van der Waals surface area contributed by atoms with Crippen LogP contribution in [0.3, 0.4) is 0 Å². The molecular weight excluding hydrogens is 411 g/mol. The maximum Gasteiger partial charge on any atom is 0.294 e. The third kappa shape index (κ3) is 6.48. The molecule has 0 atom stereocenters. The molecule has 0 spiro atoms. The lowest BCUT2D eigenvalue weighted by Crippen LogP contribution is -2.09. The first kappa shape index (κ1) is 21.1. The number of aromatic nitrogens is 2. The minimum Gasteiger partial charge on any atom is -0.330 e. The molecule has 0 fully saturated rings. The summed E-state index contributed by atoms with van der Waals surface area (Å²) >= 11 is 11.7. The van der Waals surface area contributed by atoms with E-state index >= 15 is 0 Å². The molecule has 3 rings (SSSR count). The van der Waals surface area contributed by atoms with Gasteiger partial charge >= 0.3 is 0 Å². The van der Waals surface area contributed by atoms with Gasteiger partial charge in [-0.25, -0.2) is 4.98 Å². The molecule has 0 bridgehead atoms. The standard InChI is InChI=1S/C11H8Cl2N2O.C7H8O3S/c12-8-1-2-9(10(13)5-8)11(16)6-15-4-3-14-7-15;1-6-2-4-7(5-3-6)11(8,9)10/h1-5,7H,6H2;2-5H,1H3,(H,8,9,10). The number of carbonyl (C=O) groups excluding carboxylic acids is 1. The summed E-state index contributed by atoms with van der Waals surface area (Å²) in [5, 5.41) is 0.891. The summed E-state index contributed by atoms with van der Waals surface area (Å²) in [5.41, 5.74) is 1.43. The van der Waals surface area contributed by atoms with Crippen LogP contribution in [0.2, 0.25) is 10.0 Å². The Morgan fingerprint density at radius 2 is 1.81 bits per heavy atom. The second-order valence-electron chi connectivity index (χ2n) is 5.57. The summed E-state index contributed by atoms with van der Waals surface area (Å²) in [6, 6.07) is 10.8. The first-order valence-corrected chi connectivity index (χ1v) is 9.84. The summed E-state index contributed by atoms with van der Waals surface area (Å²) in [5.74, 6) is -0.0698. The fraction of sp³-hybridized carbons (Fsp3) is 0.111. The highest BCUT2D eigenvalue weighted by Gasteiger charge is 2.11. The van der Waals surface area contributed by atoms with E-state index in [4.69, 9.17) is 27.8 Å². The lowest BCUT2D eigenvalue weighted by Gasteiger charge is -2.04. The Kier molecular flexibility index (Phi) is 7.15. The second kappa shape index (κ2) is 9.14. The van der Waals surface area contributed by atoms with Crippen molar-refractivity contribution >= 4 is 39.1 Å². The monoisotopic (exact) mass is 426 g/mol.